The third kappa shape index (κ3) is 3.95. The summed E-state index contributed by atoms with van der Waals surface area (Å²) < 4.78 is 0. The lowest BCUT2D eigenvalue weighted by molar-refractivity contribution is 0.0991. The molecule has 1 heterocycles. The van der Waals surface area contributed by atoms with Gasteiger partial charge in [0.25, 0.3) is 0 Å². The molecule has 1 aliphatic heterocycles. The molecule has 8 nitrogen and oxygen atoms in total. The summed E-state index contributed by atoms with van der Waals surface area (Å²) in [4.78, 5) is 23.9. The van der Waals surface area contributed by atoms with Crippen LogP contribution in [-0.2, 0) is 18.3 Å². The number of nitrogens with two attached hydrogens (primary N) is 3. The van der Waals surface area contributed by atoms with Crippen molar-refractivity contribution in [1.29, 1.82) is 0 Å². The first-order valence-electron chi connectivity index (χ1n) is 11.1. The van der Waals surface area contributed by atoms with E-state index in [1.54, 1.807) is 12.1 Å². The Kier molecular flexibility index (Phi) is 5.66. The van der Waals surface area contributed by atoms with Crippen molar-refractivity contribution in [3.63, 3.8) is 0 Å². The molecule has 8 heteroatoms. The van der Waals surface area contributed by atoms with Gasteiger partial charge in [-0.05, 0) is 76.4 Å². The molecular weight excluding hydrogens is 416 g/mol. The number of carbonyl (C=O) groups excluding carboxylic acids is 2. The van der Waals surface area contributed by atoms with E-state index in [1.165, 1.54) is 0 Å². The van der Waals surface area contributed by atoms with Gasteiger partial charge in [-0.1, -0.05) is 32.9 Å². The Hall–Kier alpha value is -3.39. The zero-order valence-electron chi connectivity index (χ0n) is 19.3. The molecular formula is C25H30N6O2. The van der Waals surface area contributed by atoms with Gasteiger partial charge in [0.2, 0.25) is 11.8 Å². The van der Waals surface area contributed by atoms with Crippen LogP contribution in [0.25, 0.3) is 0 Å². The number of rotatable bonds is 5. The third-order valence-corrected chi connectivity index (χ3v) is 6.94. The predicted molar refractivity (Wildman–Crippen MR) is 127 cm³/mol. The highest BCUT2D eigenvalue weighted by molar-refractivity contribution is 6.02. The fourth-order valence-corrected chi connectivity index (χ4v) is 4.88. The van der Waals surface area contributed by atoms with Crippen LogP contribution in [0, 0.1) is 5.41 Å². The number of fused-ring (bicyclic) bond motifs is 2. The second-order valence-electron chi connectivity index (χ2n) is 9.99. The van der Waals surface area contributed by atoms with Crippen molar-refractivity contribution in [2.24, 2.45) is 38.1 Å². The van der Waals surface area contributed by atoms with Gasteiger partial charge in [-0.15, -0.1) is 5.10 Å². The summed E-state index contributed by atoms with van der Waals surface area (Å²) in [5.41, 5.74) is 22.8. The molecule has 33 heavy (non-hydrogen) atoms. The first-order valence-corrected chi connectivity index (χ1v) is 11.1. The van der Waals surface area contributed by atoms with Crippen molar-refractivity contribution in [1.82, 2.24) is 0 Å². The van der Waals surface area contributed by atoms with E-state index in [1.807, 2.05) is 24.3 Å². The van der Waals surface area contributed by atoms with E-state index >= 15 is 0 Å². The van der Waals surface area contributed by atoms with Gasteiger partial charge in [0.15, 0.2) is 0 Å². The maximum Gasteiger partial charge on any atom is 0.248 e. The maximum absolute atomic E-state index is 11.9. The SMILES string of the molecule is CC(C)(C)[C@H](N)CC1(C2=NN=NC2)c2ccc(C(N)=O)cc2CCc2cc(C(N)=O)ccc21. The van der Waals surface area contributed by atoms with Gasteiger partial charge in [0.1, 0.15) is 6.54 Å². The summed E-state index contributed by atoms with van der Waals surface area (Å²) in [7, 11) is 0. The number of hydrogen-bond acceptors (Lipinski definition) is 6. The zero-order valence-corrected chi connectivity index (χ0v) is 19.3. The van der Waals surface area contributed by atoms with Crippen LogP contribution in [0.1, 0.15) is 70.2 Å². The highest BCUT2D eigenvalue weighted by Gasteiger charge is 2.47. The lowest BCUT2D eigenvalue weighted by Crippen LogP contribution is -2.48. The number of aryl methyl sites for hydroxylation is 2. The van der Waals surface area contributed by atoms with Gasteiger partial charge in [0, 0.05) is 17.2 Å². The average Bonchev–Trinajstić information content (AvgIpc) is 3.26. The van der Waals surface area contributed by atoms with Crippen molar-refractivity contribution in [2.75, 3.05) is 6.54 Å². The van der Waals surface area contributed by atoms with Crippen LogP contribution in [0.15, 0.2) is 51.8 Å². The smallest absolute Gasteiger partial charge is 0.248 e. The molecule has 0 bridgehead atoms. The normalized spacial score (nSPS) is 17.5. The zero-order chi connectivity index (χ0) is 24.0. The van der Waals surface area contributed by atoms with Gasteiger partial charge in [-0.25, -0.2) is 0 Å². The Bertz CT molecular complexity index is 1130. The van der Waals surface area contributed by atoms with E-state index in [2.05, 4.69) is 36.2 Å². The number of hydrogen-bond donors (Lipinski definition) is 3. The van der Waals surface area contributed by atoms with E-state index < -0.39 is 17.2 Å². The molecule has 0 saturated heterocycles. The molecule has 6 N–H and O–H groups in total. The molecule has 0 radical (unpaired) electrons. The second kappa shape index (κ2) is 8.19. The van der Waals surface area contributed by atoms with Crippen LogP contribution in [-0.4, -0.2) is 30.1 Å². The first kappa shape index (κ1) is 22.8. The molecule has 0 fully saturated rings. The Morgan fingerprint density at radius 2 is 1.48 bits per heavy atom. The number of carbonyl (C=O) groups is 2. The second-order valence-corrected chi connectivity index (χ2v) is 9.99. The molecule has 2 aromatic carbocycles. The minimum atomic E-state index is -0.719. The van der Waals surface area contributed by atoms with Crippen molar-refractivity contribution in [2.45, 2.75) is 51.5 Å². The summed E-state index contributed by atoms with van der Waals surface area (Å²) in [6.45, 7) is 6.69. The molecule has 1 aliphatic carbocycles. The van der Waals surface area contributed by atoms with Crippen LogP contribution >= 0.6 is 0 Å². The maximum atomic E-state index is 11.9. The monoisotopic (exact) mass is 446 g/mol. The molecule has 2 amide bonds. The Labute approximate surface area is 193 Å². The quantitative estimate of drug-likeness (QED) is 0.648. The summed E-state index contributed by atoms with van der Waals surface area (Å²) in [5, 5.41) is 12.6. The molecule has 0 saturated carbocycles. The first-order chi connectivity index (χ1) is 15.5. The fraction of sp³-hybridized carbons (Fsp3) is 0.400. The van der Waals surface area contributed by atoms with E-state index in [0.29, 0.717) is 36.9 Å². The minimum absolute atomic E-state index is 0.173. The van der Waals surface area contributed by atoms with Gasteiger partial charge in [-0.3, -0.25) is 9.59 Å². The fourth-order valence-electron chi connectivity index (χ4n) is 4.88. The van der Waals surface area contributed by atoms with Gasteiger partial charge >= 0.3 is 0 Å². The molecule has 0 aromatic heterocycles. The number of nitrogens with zero attached hydrogens (tertiary/aromatic N) is 3. The molecule has 0 unspecified atom stereocenters. The largest absolute Gasteiger partial charge is 0.366 e. The van der Waals surface area contributed by atoms with Crippen LogP contribution in [0.4, 0.5) is 0 Å². The number of primary amides is 2. The molecule has 0 spiro atoms. The molecule has 2 aliphatic rings. The van der Waals surface area contributed by atoms with Gasteiger partial charge in [-0.2, -0.15) is 5.11 Å². The summed E-state index contributed by atoms with van der Waals surface area (Å²) in [6.07, 6.45) is 1.89. The number of amides is 2. The molecule has 1 atom stereocenters. The lowest BCUT2D eigenvalue weighted by Gasteiger charge is -2.41. The van der Waals surface area contributed by atoms with Crippen LogP contribution in [0.5, 0.6) is 0 Å². The van der Waals surface area contributed by atoms with Crippen LogP contribution in [0.3, 0.4) is 0 Å². The van der Waals surface area contributed by atoms with Gasteiger partial charge < -0.3 is 17.2 Å². The van der Waals surface area contributed by atoms with E-state index in [4.69, 9.17) is 17.2 Å². The Morgan fingerprint density at radius 1 is 0.970 bits per heavy atom. The summed E-state index contributed by atoms with van der Waals surface area (Å²) >= 11 is 0. The summed E-state index contributed by atoms with van der Waals surface area (Å²) in [6, 6.07) is 11.0. The van der Waals surface area contributed by atoms with E-state index in [-0.39, 0.29) is 11.5 Å². The Morgan fingerprint density at radius 3 is 1.88 bits per heavy atom. The van der Waals surface area contributed by atoms with Crippen LogP contribution < -0.4 is 17.2 Å². The van der Waals surface area contributed by atoms with Crippen molar-refractivity contribution in [3.8, 4) is 0 Å². The molecule has 172 valence electrons. The Balaban J connectivity index is 2.05. The van der Waals surface area contributed by atoms with Crippen molar-refractivity contribution in [3.05, 3.63) is 69.8 Å². The highest BCUT2D eigenvalue weighted by Crippen LogP contribution is 2.47. The molecule has 4 rings (SSSR count). The van der Waals surface area contributed by atoms with Gasteiger partial charge in [0.05, 0.1) is 11.1 Å². The van der Waals surface area contributed by atoms with Crippen LogP contribution in [0.2, 0.25) is 0 Å². The minimum Gasteiger partial charge on any atom is -0.366 e. The number of benzene rings is 2. The lowest BCUT2D eigenvalue weighted by atomic mass is 9.63. The summed E-state index contributed by atoms with van der Waals surface area (Å²) in [5.74, 6) is -0.952. The highest BCUT2D eigenvalue weighted by atomic mass is 16.1. The topological polar surface area (TPSA) is 149 Å². The van der Waals surface area contributed by atoms with Crippen molar-refractivity contribution < 1.29 is 9.59 Å². The third-order valence-electron chi connectivity index (χ3n) is 6.94. The predicted octanol–water partition coefficient (Wildman–Crippen LogP) is 2.85. The van der Waals surface area contributed by atoms with Crippen molar-refractivity contribution >= 4 is 17.5 Å². The molecule has 2 aromatic rings. The van der Waals surface area contributed by atoms with E-state index in [9.17, 15) is 9.59 Å². The standard InChI is InChI=1S/C25H30N6O2/c1-24(2,3)20(26)12-25(21-13-29-31-30-21)18-8-6-16(22(27)32)10-14(18)4-5-15-11-17(23(28)33)7-9-19(15)25/h6-11,20H,4-5,12-13,26H2,1-3H3,(H2,27,32)(H2,28,33)/t20-/m1/s1. The van der Waals surface area contributed by atoms with E-state index in [0.717, 1.165) is 28.0 Å². The average molecular weight is 447 g/mol.